The molecule has 1 atom stereocenters. The quantitative estimate of drug-likeness (QED) is 0.804. The van der Waals surface area contributed by atoms with Crippen molar-refractivity contribution in [2.75, 3.05) is 0 Å². The summed E-state index contributed by atoms with van der Waals surface area (Å²) in [4.78, 5) is 17.1. The molecule has 3 heterocycles. The van der Waals surface area contributed by atoms with Gasteiger partial charge in [-0.15, -0.1) is 0 Å². The monoisotopic (exact) mass is 322 g/mol. The second-order valence-corrected chi connectivity index (χ2v) is 6.03. The first-order valence-corrected chi connectivity index (χ1v) is 8.05. The molecule has 1 aliphatic heterocycles. The van der Waals surface area contributed by atoms with Crippen molar-refractivity contribution in [2.45, 2.75) is 32.4 Å². The zero-order valence-electron chi connectivity index (χ0n) is 13.4. The Kier molecular flexibility index (Phi) is 3.65. The van der Waals surface area contributed by atoms with Gasteiger partial charge in [0.25, 0.3) is 5.91 Å². The molecule has 1 N–H and O–H groups in total. The van der Waals surface area contributed by atoms with Gasteiger partial charge in [-0.05, 0) is 13.3 Å². The standard InChI is InChI=1S/C18H18N4O2/c1-12-16(17(21-24-12)13-5-3-2-4-6-13)18(23)20-14-7-8-15-19-9-10-22(15)11-14/h2-6,9-10,14H,7-8,11H2,1H3,(H,20,23). The van der Waals surface area contributed by atoms with Crippen molar-refractivity contribution >= 4 is 5.91 Å². The van der Waals surface area contributed by atoms with Crippen LogP contribution in [0.5, 0.6) is 0 Å². The zero-order valence-corrected chi connectivity index (χ0v) is 13.4. The van der Waals surface area contributed by atoms with E-state index in [9.17, 15) is 4.79 Å². The van der Waals surface area contributed by atoms with E-state index in [2.05, 4.69) is 20.0 Å². The van der Waals surface area contributed by atoms with Crippen molar-refractivity contribution in [1.82, 2.24) is 20.0 Å². The molecule has 0 fully saturated rings. The lowest BCUT2D eigenvalue weighted by Gasteiger charge is -2.24. The third-order valence-corrected chi connectivity index (χ3v) is 4.41. The van der Waals surface area contributed by atoms with Crippen molar-refractivity contribution in [3.8, 4) is 11.3 Å². The fourth-order valence-corrected chi connectivity index (χ4v) is 3.17. The second kappa shape index (κ2) is 5.96. The molecule has 1 aromatic carbocycles. The lowest BCUT2D eigenvalue weighted by Crippen LogP contribution is -2.41. The summed E-state index contributed by atoms with van der Waals surface area (Å²) in [5.74, 6) is 1.47. The number of benzene rings is 1. The lowest BCUT2D eigenvalue weighted by atomic mass is 10.0. The first-order chi connectivity index (χ1) is 11.7. The Labute approximate surface area is 139 Å². The van der Waals surface area contributed by atoms with Crippen LogP contribution in [0.25, 0.3) is 11.3 Å². The van der Waals surface area contributed by atoms with Crippen LogP contribution in [0, 0.1) is 6.92 Å². The molecule has 1 aliphatic rings. The van der Waals surface area contributed by atoms with E-state index in [1.165, 1.54) is 0 Å². The van der Waals surface area contributed by atoms with E-state index in [1.807, 2.05) is 36.5 Å². The molecule has 0 saturated carbocycles. The van der Waals surface area contributed by atoms with Crippen LogP contribution in [0.4, 0.5) is 0 Å². The average molecular weight is 322 g/mol. The van der Waals surface area contributed by atoms with E-state index in [-0.39, 0.29) is 11.9 Å². The van der Waals surface area contributed by atoms with Crippen LogP contribution < -0.4 is 5.32 Å². The van der Waals surface area contributed by atoms with Crippen LogP contribution in [-0.2, 0) is 13.0 Å². The Morgan fingerprint density at radius 2 is 2.17 bits per heavy atom. The summed E-state index contributed by atoms with van der Waals surface area (Å²) < 4.78 is 7.37. The molecule has 24 heavy (non-hydrogen) atoms. The number of aromatic nitrogens is 3. The number of fused-ring (bicyclic) bond motifs is 1. The Balaban J connectivity index is 1.56. The molecule has 122 valence electrons. The van der Waals surface area contributed by atoms with E-state index < -0.39 is 0 Å². The van der Waals surface area contributed by atoms with Gasteiger partial charge in [-0.1, -0.05) is 35.5 Å². The van der Waals surface area contributed by atoms with Crippen molar-refractivity contribution in [1.29, 1.82) is 0 Å². The predicted octanol–water partition coefficient (Wildman–Crippen LogP) is 2.59. The first kappa shape index (κ1) is 14.7. The number of nitrogens with zero attached hydrogens (tertiary/aromatic N) is 3. The molecule has 4 rings (SSSR count). The molecule has 0 bridgehead atoms. The summed E-state index contributed by atoms with van der Waals surface area (Å²) in [7, 11) is 0. The minimum absolute atomic E-state index is 0.0807. The summed E-state index contributed by atoms with van der Waals surface area (Å²) in [6, 6.07) is 9.70. The van der Waals surface area contributed by atoms with Gasteiger partial charge < -0.3 is 14.4 Å². The number of imidazole rings is 1. The van der Waals surface area contributed by atoms with E-state index in [1.54, 1.807) is 13.1 Å². The molecule has 1 unspecified atom stereocenters. The summed E-state index contributed by atoms with van der Waals surface area (Å²) in [5.41, 5.74) is 1.97. The Bertz CT molecular complexity index is 866. The van der Waals surface area contributed by atoms with Gasteiger partial charge in [0.2, 0.25) is 0 Å². The third kappa shape index (κ3) is 2.60. The van der Waals surface area contributed by atoms with Crippen LogP contribution >= 0.6 is 0 Å². The van der Waals surface area contributed by atoms with Crippen LogP contribution in [0.3, 0.4) is 0 Å². The van der Waals surface area contributed by atoms with E-state index in [0.29, 0.717) is 17.0 Å². The normalized spacial score (nSPS) is 16.6. The van der Waals surface area contributed by atoms with Gasteiger partial charge in [0, 0.05) is 37.0 Å². The number of hydrogen-bond donors (Lipinski definition) is 1. The molecular formula is C18H18N4O2. The van der Waals surface area contributed by atoms with E-state index >= 15 is 0 Å². The first-order valence-electron chi connectivity index (χ1n) is 8.05. The van der Waals surface area contributed by atoms with Crippen LogP contribution in [-0.4, -0.2) is 26.7 Å². The van der Waals surface area contributed by atoms with Gasteiger partial charge in [0.1, 0.15) is 22.8 Å². The predicted molar refractivity (Wildman–Crippen MR) is 88.5 cm³/mol. The molecule has 6 nitrogen and oxygen atoms in total. The molecule has 6 heteroatoms. The molecule has 0 aliphatic carbocycles. The number of carbonyl (C=O) groups excluding carboxylic acids is 1. The summed E-state index contributed by atoms with van der Waals surface area (Å²) in [6.45, 7) is 2.51. The lowest BCUT2D eigenvalue weighted by molar-refractivity contribution is 0.0926. The number of nitrogens with one attached hydrogen (secondary N) is 1. The van der Waals surface area contributed by atoms with Gasteiger partial charge in [0.15, 0.2) is 0 Å². The topological polar surface area (TPSA) is 73.0 Å². The number of rotatable bonds is 3. The smallest absolute Gasteiger partial charge is 0.257 e. The maximum absolute atomic E-state index is 12.8. The van der Waals surface area contributed by atoms with Crippen molar-refractivity contribution in [2.24, 2.45) is 0 Å². The minimum atomic E-state index is -0.138. The number of carbonyl (C=O) groups is 1. The number of hydrogen-bond acceptors (Lipinski definition) is 4. The highest BCUT2D eigenvalue weighted by Gasteiger charge is 2.25. The number of amides is 1. The van der Waals surface area contributed by atoms with E-state index in [0.717, 1.165) is 30.8 Å². The van der Waals surface area contributed by atoms with Crippen molar-refractivity contribution in [3.63, 3.8) is 0 Å². The molecule has 3 aromatic rings. The Morgan fingerprint density at radius 1 is 1.33 bits per heavy atom. The Hall–Kier alpha value is -2.89. The maximum atomic E-state index is 12.8. The zero-order chi connectivity index (χ0) is 16.5. The van der Waals surface area contributed by atoms with Gasteiger partial charge in [-0.3, -0.25) is 4.79 Å². The van der Waals surface area contributed by atoms with Crippen LogP contribution in [0.1, 0.15) is 28.4 Å². The second-order valence-electron chi connectivity index (χ2n) is 6.03. The SMILES string of the molecule is Cc1onc(-c2ccccc2)c1C(=O)NC1CCc2nccn2C1. The minimum Gasteiger partial charge on any atom is -0.360 e. The molecule has 1 amide bonds. The molecule has 0 saturated heterocycles. The average Bonchev–Trinajstić information content (AvgIpc) is 3.21. The van der Waals surface area contributed by atoms with E-state index in [4.69, 9.17) is 4.52 Å². The fraction of sp³-hybridized carbons (Fsp3) is 0.278. The molecule has 2 aromatic heterocycles. The highest BCUT2D eigenvalue weighted by Crippen LogP contribution is 2.25. The fourth-order valence-electron chi connectivity index (χ4n) is 3.17. The van der Waals surface area contributed by atoms with Crippen LogP contribution in [0.2, 0.25) is 0 Å². The van der Waals surface area contributed by atoms with Crippen molar-refractivity contribution < 1.29 is 9.32 Å². The summed E-state index contributed by atoms with van der Waals surface area (Å²) >= 11 is 0. The van der Waals surface area contributed by atoms with Crippen LogP contribution in [0.15, 0.2) is 47.2 Å². The molecule has 0 spiro atoms. The summed E-state index contributed by atoms with van der Waals surface area (Å²) in [5, 5.41) is 7.19. The molecular weight excluding hydrogens is 304 g/mol. The van der Waals surface area contributed by atoms with Gasteiger partial charge >= 0.3 is 0 Å². The summed E-state index contributed by atoms with van der Waals surface area (Å²) in [6.07, 6.45) is 5.50. The molecule has 0 radical (unpaired) electrons. The number of aryl methyl sites for hydroxylation is 2. The third-order valence-electron chi connectivity index (χ3n) is 4.41. The largest absolute Gasteiger partial charge is 0.360 e. The highest BCUT2D eigenvalue weighted by molar-refractivity contribution is 6.00. The van der Waals surface area contributed by atoms with Gasteiger partial charge in [0.05, 0.1) is 0 Å². The maximum Gasteiger partial charge on any atom is 0.257 e. The Morgan fingerprint density at radius 3 is 3.00 bits per heavy atom. The van der Waals surface area contributed by atoms with Gasteiger partial charge in [-0.2, -0.15) is 0 Å². The van der Waals surface area contributed by atoms with Crippen molar-refractivity contribution in [3.05, 3.63) is 59.9 Å². The highest BCUT2D eigenvalue weighted by atomic mass is 16.5. The van der Waals surface area contributed by atoms with Gasteiger partial charge in [-0.25, -0.2) is 4.98 Å².